The number of hydrogen-bond donors (Lipinski definition) is 2. The number of aromatic nitrogens is 1. The molecule has 2 heterocycles. The van der Waals surface area contributed by atoms with Gasteiger partial charge in [0.1, 0.15) is 10.7 Å². The van der Waals surface area contributed by atoms with E-state index in [1.807, 2.05) is 30.3 Å². The third-order valence-electron chi connectivity index (χ3n) is 4.20. The average molecular weight is 332 g/mol. The molecule has 2 aromatic rings. The highest BCUT2D eigenvalue weighted by atomic mass is 32.2. The molecule has 0 unspecified atom stereocenters. The van der Waals surface area contributed by atoms with Crippen molar-refractivity contribution in [2.75, 3.05) is 18.8 Å². The fourth-order valence-corrected chi connectivity index (χ4v) is 4.59. The van der Waals surface area contributed by atoms with Crippen LogP contribution in [0.5, 0.6) is 0 Å². The van der Waals surface area contributed by atoms with Gasteiger partial charge in [-0.25, -0.2) is 13.4 Å². The first-order chi connectivity index (χ1) is 10.9. The molecule has 2 atom stereocenters. The molecule has 6 nitrogen and oxygen atoms in total. The lowest BCUT2D eigenvalue weighted by molar-refractivity contribution is 0.470. The van der Waals surface area contributed by atoms with Crippen LogP contribution in [0.15, 0.2) is 47.5 Å². The van der Waals surface area contributed by atoms with Crippen LogP contribution in [0, 0.1) is 6.92 Å². The van der Waals surface area contributed by atoms with Gasteiger partial charge in [0.2, 0.25) is 10.0 Å². The van der Waals surface area contributed by atoms with Crippen molar-refractivity contribution in [1.29, 1.82) is 0 Å². The van der Waals surface area contributed by atoms with E-state index in [0.29, 0.717) is 6.54 Å². The smallest absolute Gasteiger partial charge is 0.246 e. The maximum absolute atomic E-state index is 12.9. The lowest BCUT2D eigenvalue weighted by atomic mass is 9.95. The van der Waals surface area contributed by atoms with Crippen molar-refractivity contribution in [2.24, 2.45) is 5.73 Å². The molecule has 122 valence electrons. The lowest BCUT2D eigenvalue weighted by Crippen LogP contribution is -2.32. The molecule has 1 fully saturated rings. The number of pyridine rings is 1. The molecule has 7 heteroatoms. The SMILES string of the molecule is Cc1cnc(N)c(S(=O)(=O)N2C[C@@H](N)[C@H](c3ccccc3)C2)c1. The second-order valence-corrected chi connectivity index (χ2v) is 7.81. The molecule has 0 radical (unpaired) electrons. The van der Waals surface area contributed by atoms with E-state index in [0.717, 1.165) is 11.1 Å². The van der Waals surface area contributed by atoms with Crippen LogP contribution in [0.4, 0.5) is 5.82 Å². The molecule has 23 heavy (non-hydrogen) atoms. The number of benzene rings is 1. The maximum Gasteiger partial charge on any atom is 0.246 e. The van der Waals surface area contributed by atoms with Crippen molar-refractivity contribution >= 4 is 15.8 Å². The first-order valence-corrected chi connectivity index (χ1v) is 8.86. The minimum Gasteiger partial charge on any atom is -0.383 e. The zero-order valence-corrected chi connectivity index (χ0v) is 13.7. The van der Waals surface area contributed by atoms with Gasteiger partial charge in [-0.3, -0.25) is 0 Å². The Morgan fingerprint density at radius 2 is 1.91 bits per heavy atom. The zero-order chi connectivity index (χ0) is 16.6. The largest absolute Gasteiger partial charge is 0.383 e. The van der Waals surface area contributed by atoms with Crippen molar-refractivity contribution in [3.05, 3.63) is 53.7 Å². The van der Waals surface area contributed by atoms with E-state index in [1.54, 1.807) is 19.2 Å². The van der Waals surface area contributed by atoms with Gasteiger partial charge in [0.25, 0.3) is 0 Å². The highest BCUT2D eigenvalue weighted by Gasteiger charge is 2.39. The number of sulfonamides is 1. The second-order valence-electron chi connectivity index (χ2n) is 5.90. The third-order valence-corrected chi connectivity index (χ3v) is 6.06. The summed E-state index contributed by atoms with van der Waals surface area (Å²) in [5.74, 6) is -0.00250. The molecule has 1 aliphatic heterocycles. The molecule has 3 rings (SSSR count). The standard InChI is InChI=1S/C16H20N4O2S/c1-11-7-15(16(18)19-8-11)23(21,22)20-9-13(14(17)10-20)12-5-3-2-4-6-12/h2-8,13-14H,9-10,17H2,1H3,(H2,18,19)/t13-,14+/m0/s1. The topological polar surface area (TPSA) is 102 Å². The number of nitrogens with two attached hydrogens (primary N) is 2. The minimum atomic E-state index is -3.70. The van der Waals surface area contributed by atoms with Crippen molar-refractivity contribution < 1.29 is 8.42 Å². The van der Waals surface area contributed by atoms with Gasteiger partial charge >= 0.3 is 0 Å². The number of aryl methyl sites for hydroxylation is 1. The lowest BCUT2D eigenvalue weighted by Gasteiger charge is -2.17. The Labute approximate surface area is 136 Å². The Hall–Kier alpha value is -1.96. The van der Waals surface area contributed by atoms with E-state index in [-0.39, 0.29) is 29.2 Å². The normalized spacial score (nSPS) is 22.3. The van der Waals surface area contributed by atoms with Crippen LogP contribution < -0.4 is 11.5 Å². The van der Waals surface area contributed by atoms with Crippen LogP contribution in [0.25, 0.3) is 0 Å². The number of anilines is 1. The van der Waals surface area contributed by atoms with Gasteiger partial charge in [0, 0.05) is 31.2 Å². The molecular weight excluding hydrogens is 312 g/mol. The predicted molar refractivity (Wildman–Crippen MR) is 89.3 cm³/mol. The summed E-state index contributed by atoms with van der Waals surface area (Å²) in [5.41, 5.74) is 13.8. The third kappa shape index (κ3) is 2.95. The van der Waals surface area contributed by atoms with E-state index < -0.39 is 10.0 Å². The van der Waals surface area contributed by atoms with Gasteiger partial charge in [-0.05, 0) is 24.1 Å². The second kappa shape index (κ2) is 5.92. The Kier molecular flexibility index (Phi) is 4.09. The number of nitrogens with zero attached hydrogens (tertiary/aromatic N) is 2. The van der Waals surface area contributed by atoms with E-state index in [2.05, 4.69) is 4.98 Å². The van der Waals surface area contributed by atoms with Crippen LogP contribution in [-0.4, -0.2) is 36.8 Å². The summed E-state index contributed by atoms with van der Waals surface area (Å²) in [5, 5.41) is 0. The molecular formula is C16H20N4O2S. The fourth-order valence-electron chi connectivity index (χ4n) is 2.94. The zero-order valence-electron chi connectivity index (χ0n) is 12.9. The van der Waals surface area contributed by atoms with Gasteiger partial charge in [0.15, 0.2) is 0 Å². The molecule has 0 spiro atoms. The molecule has 0 bridgehead atoms. The van der Waals surface area contributed by atoms with Gasteiger partial charge in [0.05, 0.1) is 0 Å². The number of hydrogen-bond acceptors (Lipinski definition) is 5. The van der Waals surface area contributed by atoms with Gasteiger partial charge in [-0.1, -0.05) is 30.3 Å². The van der Waals surface area contributed by atoms with Crippen LogP contribution in [0.1, 0.15) is 17.0 Å². The van der Waals surface area contributed by atoms with Gasteiger partial charge < -0.3 is 11.5 Å². The number of rotatable bonds is 3. The molecule has 0 aliphatic carbocycles. The Balaban J connectivity index is 1.92. The molecule has 4 N–H and O–H groups in total. The molecule has 1 aromatic heterocycles. The van der Waals surface area contributed by atoms with Crippen molar-refractivity contribution in [2.45, 2.75) is 23.8 Å². The van der Waals surface area contributed by atoms with Crippen LogP contribution in [-0.2, 0) is 10.0 Å². The molecule has 0 amide bonds. The Morgan fingerprint density at radius 3 is 2.61 bits per heavy atom. The monoisotopic (exact) mass is 332 g/mol. The van der Waals surface area contributed by atoms with E-state index in [9.17, 15) is 8.42 Å². The summed E-state index contributed by atoms with van der Waals surface area (Å²) in [6.07, 6.45) is 1.55. The molecule has 1 aliphatic rings. The maximum atomic E-state index is 12.9. The Morgan fingerprint density at radius 1 is 1.22 bits per heavy atom. The van der Waals surface area contributed by atoms with Gasteiger partial charge in [-0.2, -0.15) is 4.31 Å². The van der Waals surface area contributed by atoms with Crippen molar-refractivity contribution in [3.63, 3.8) is 0 Å². The summed E-state index contributed by atoms with van der Waals surface area (Å²) >= 11 is 0. The van der Waals surface area contributed by atoms with Gasteiger partial charge in [-0.15, -0.1) is 0 Å². The van der Waals surface area contributed by atoms with E-state index >= 15 is 0 Å². The fraction of sp³-hybridized carbons (Fsp3) is 0.312. The number of nitrogen functional groups attached to an aromatic ring is 1. The van der Waals surface area contributed by atoms with Crippen LogP contribution >= 0.6 is 0 Å². The summed E-state index contributed by atoms with van der Waals surface area (Å²) in [4.78, 5) is 4.01. The van der Waals surface area contributed by atoms with E-state index in [4.69, 9.17) is 11.5 Å². The first kappa shape index (κ1) is 15.9. The molecule has 0 saturated carbocycles. The quantitative estimate of drug-likeness (QED) is 0.876. The Bertz CT molecular complexity index is 808. The average Bonchev–Trinajstić information content (AvgIpc) is 2.93. The van der Waals surface area contributed by atoms with Crippen LogP contribution in [0.3, 0.4) is 0 Å². The summed E-state index contributed by atoms with van der Waals surface area (Å²) < 4.78 is 27.2. The minimum absolute atomic E-state index is 0.0207. The van der Waals surface area contributed by atoms with Crippen molar-refractivity contribution in [1.82, 2.24) is 9.29 Å². The van der Waals surface area contributed by atoms with Crippen molar-refractivity contribution in [3.8, 4) is 0 Å². The molecule has 1 aromatic carbocycles. The van der Waals surface area contributed by atoms with E-state index in [1.165, 1.54) is 4.31 Å². The highest BCUT2D eigenvalue weighted by Crippen LogP contribution is 2.31. The predicted octanol–water partition coefficient (Wildman–Crippen LogP) is 1.09. The summed E-state index contributed by atoms with van der Waals surface area (Å²) in [7, 11) is -3.70. The highest BCUT2D eigenvalue weighted by molar-refractivity contribution is 7.89. The summed E-state index contributed by atoms with van der Waals surface area (Å²) in [6, 6.07) is 11.1. The molecule has 1 saturated heterocycles. The summed E-state index contributed by atoms with van der Waals surface area (Å²) in [6.45, 7) is 2.41. The first-order valence-electron chi connectivity index (χ1n) is 7.42. The van der Waals surface area contributed by atoms with Crippen LogP contribution in [0.2, 0.25) is 0 Å².